The van der Waals surface area contributed by atoms with Gasteiger partial charge in [-0.25, -0.2) is 14.4 Å². The summed E-state index contributed by atoms with van der Waals surface area (Å²) in [6, 6.07) is 4.96. The Morgan fingerprint density at radius 3 is 2.30 bits per heavy atom. The van der Waals surface area contributed by atoms with E-state index in [-0.39, 0.29) is 11.2 Å². The van der Waals surface area contributed by atoms with Crippen LogP contribution in [0.15, 0.2) is 18.2 Å². The molecule has 0 saturated carbocycles. The molecule has 0 radical (unpaired) electrons. The summed E-state index contributed by atoms with van der Waals surface area (Å²) in [6.45, 7) is 9.72. The lowest BCUT2D eigenvalue weighted by molar-refractivity contribution is 0.545. The molecule has 1 aromatic carbocycles. The lowest BCUT2D eigenvalue weighted by Crippen LogP contribution is -2.17. The van der Waals surface area contributed by atoms with Crippen LogP contribution in [-0.4, -0.2) is 9.97 Å². The fourth-order valence-electron chi connectivity index (χ4n) is 1.90. The van der Waals surface area contributed by atoms with Gasteiger partial charge in [0, 0.05) is 16.5 Å². The van der Waals surface area contributed by atoms with Gasteiger partial charge >= 0.3 is 0 Å². The molecular weight excluding hydrogens is 275 g/mol. The van der Waals surface area contributed by atoms with Gasteiger partial charge in [0.05, 0.1) is 5.69 Å². The van der Waals surface area contributed by atoms with Crippen molar-refractivity contribution in [3.05, 3.63) is 46.1 Å². The SMILES string of the molecule is Cc1cc(-c2nc(C(C)(C)C)nc(Cl)c2C)ccc1F. The third-order valence-corrected chi connectivity index (χ3v) is 3.56. The average molecular weight is 293 g/mol. The van der Waals surface area contributed by atoms with Crippen LogP contribution in [0.25, 0.3) is 11.3 Å². The minimum Gasteiger partial charge on any atom is -0.232 e. The number of rotatable bonds is 1. The number of aromatic nitrogens is 2. The third kappa shape index (κ3) is 2.83. The highest BCUT2D eigenvalue weighted by Crippen LogP contribution is 2.30. The highest BCUT2D eigenvalue weighted by molar-refractivity contribution is 6.30. The fraction of sp³-hybridized carbons (Fsp3) is 0.375. The van der Waals surface area contributed by atoms with E-state index < -0.39 is 0 Å². The zero-order valence-corrected chi connectivity index (χ0v) is 13.1. The summed E-state index contributed by atoms with van der Waals surface area (Å²) in [4.78, 5) is 8.98. The van der Waals surface area contributed by atoms with Crippen molar-refractivity contribution in [3.8, 4) is 11.3 Å². The maximum Gasteiger partial charge on any atom is 0.136 e. The largest absolute Gasteiger partial charge is 0.232 e. The Morgan fingerprint density at radius 1 is 1.10 bits per heavy atom. The van der Waals surface area contributed by atoms with Crippen LogP contribution in [0.5, 0.6) is 0 Å². The van der Waals surface area contributed by atoms with Crippen LogP contribution in [0.2, 0.25) is 5.15 Å². The minimum absolute atomic E-state index is 0.193. The third-order valence-electron chi connectivity index (χ3n) is 3.19. The Balaban J connectivity index is 2.66. The fourth-order valence-corrected chi connectivity index (χ4v) is 2.07. The van der Waals surface area contributed by atoms with Crippen LogP contribution < -0.4 is 0 Å². The Hall–Kier alpha value is -1.48. The Labute approximate surface area is 124 Å². The molecule has 4 heteroatoms. The van der Waals surface area contributed by atoms with E-state index in [1.165, 1.54) is 6.07 Å². The van der Waals surface area contributed by atoms with Crippen LogP contribution >= 0.6 is 11.6 Å². The molecule has 20 heavy (non-hydrogen) atoms. The zero-order chi connectivity index (χ0) is 15.1. The first kappa shape index (κ1) is 14.9. The number of halogens is 2. The monoisotopic (exact) mass is 292 g/mol. The molecule has 0 N–H and O–H groups in total. The first-order valence-corrected chi connectivity index (χ1v) is 6.89. The molecular formula is C16H18ClFN2. The van der Waals surface area contributed by atoms with Gasteiger partial charge in [0.15, 0.2) is 0 Å². The van der Waals surface area contributed by atoms with E-state index >= 15 is 0 Å². The topological polar surface area (TPSA) is 25.8 Å². The van der Waals surface area contributed by atoms with Crippen molar-refractivity contribution in [2.45, 2.75) is 40.0 Å². The summed E-state index contributed by atoms with van der Waals surface area (Å²) in [6.07, 6.45) is 0. The molecule has 0 bridgehead atoms. The molecule has 0 aliphatic heterocycles. The van der Waals surface area contributed by atoms with Crippen LogP contribution in [0.1, 0.15) is 37.7 Å². The smallest absolute Gasteiger partial charge is 0.136 e. The molecule has 0 spiro atoms. The summed E-state index contributed by atoms with van der Waals surface area (Å²) in [5.74, 6) is 0.465. The maximum absolute atomic E-state index is 13.4. The first-order valence-electron chi connectivity index (χ1n) is 6.51. The van der Waals surface area contributed by atoms with E-state index in [0.717, 1.165) is 16.8 Å². The quantitative estimate of drug-likeness (QED) is 0.702. The predicted octanol–water partition coefficient (Wildman–Crippen LogP) is 4.85. The van der Waals surface area contributed by atoms with Gasteiger partial charge in [-0.05, 0) is 37.6 Å². The number of hydrogen-bond acceptors (Lipinski definition) is 2. The minimum atomic E-state index is -0.220. The normalized spacial score (nSPS) is 11.8. The van der Waals surface area contributed by atoms with Gasteiger partial charge in [0.2, 0.25) is 0 Å². The Bertz CT molecular complexity index is 660. The second-order valence-electron chi connectivity index (χ2n) is 6.03. The molecule has 0 fully saturated rings. The Morgan fingerprint density at radius 2 is 1.75 bits per heavy atom. The van der Waals surface area contributed by atoms with E-state index in [2.05, 4.69) is 9.97 Å². The number of hydrogen-bond donors (Lipinski definition) is 0. The molecule has 2 aromatic rings. The molecule has 0 saturated heterocycles. The predicted molar refractivity (Wildman–Crippen MR) is 80.6 cm³/mol. The number of aryl methyl sites for hydroxylation is 1. The Kier molecular flexibility index (Phi) is 3.83. The average Bonchev–Trinajstić information content (AvgIpc) is 2.34. The standard InChI is InChI=1S/C16H18ClFN2/c1-9-8-11(6-7-12(9)18)13-10(2)14(17)20-15(19-13)16(3,4)5/h6-8H,1-5H3. The van der Waals surface area contributed by atoms with Gasteiger partial charge in [-0.15, -0.1) is 0 Å². The lowest BCUT2D eigenvalue weighted by Gasteiger charge is -2.19. The van der Waals surface area contributed by atoms with Gasteiger partial charge < -0.3 is 0 Å². The number of nitrogens with zero attached hydrogens (tertiary/aromatic N) is 2. The summed E-state index contributed by atoms with van der Waals surface area (Å²) < 4.78 is 13.4. The lowest BCUT2D eigenvalue weighted by atomic mass is 9.95. The highest BCUT2D eigenvalue weighted by Gasteiger charge is 2.21. The molecule has 2 nitrogen and oxygen atoms in total. The van der Waals surface area contributed by atoms with Crippen molar-refractivity contribution in [2.75, 3.05) is 0 Å². The van der Waals surface area contributed by atoms with Crippen LogP contribution in [-0.2, 0) is 5.41 Å². The van der Waals surface area contributed by atoms with Gasteiger partial charge in [0.25, 0.3) is 0 Å². The summed E-state index contributed by atoms with van der Waals surface area (Å²) in [5, 5.41) is 0.446. The van der Waals surface area contributed by atoms with Gasteiger partial charge in [-0.3, -0.25) is 0 Å². The summed E-state index contributed by atoms with van der Waals surface area (Å²) in [5.41, 5.74) is 2.83. The summed E-state index contributed by atoms with van der Waals surface area (Å²) >= 11 is 6.22. The van der Waals surface area contributed by atoms with Gasteiger partial charge in [-0.1, -0.05) is 32.4 Å². The van der Waals surface area contributed by atoms with Crippen LogP contribution in [0.3, 0.4) is 0 Å². The molecule has 0 atom stereocenters. The van der Waals surface area contributed by atoms with Crippen molar-refractivity contribution in [2.24, 2.45) is 0 Å². The maximum atomic E-state index is 13.4. The van der Waals surface area contributed by atoms with Crippen molar-refractivity contribution in [1.29, 1.82) is 0 Å². The molecule has 1 aromatic heterocycles. The molecule has 2 rings (SSSR count). The van der Waals surface area contributed by atoms with E-state index in [1.807, 2.05) is 27.7 Å². The van der Waals surface area contributed by atoms with Crippen molar-refractivity contribution >= 4 is 11.6 Å². The van der Waals surface area contributed by atoms with Crippen molar-refractivity contribution in [3.63, 3.8) is 0 Å². The van der Waals surface area contributed by atoms with Crippen molar-refractivity contribution < 1.29 is 4.39 Å². The number of benzene rings is 1. The second kappa shape index (κ2) is 5.13. The van der Waals surface area contributed by atoms with Crippen molar-refractivity contribution in [1.82, 2.24) is 9.97 Å². The first-order chi connectivity index (χ1) is 9.20. The molecule has 0 aliphatic rings. The molecule has 106 valence electrons. The van der Waals surface area contributed by atoms with E-state index in [1.54, 1.807) is 19.1 Å². The van der Waals surface area contributed by atoms with Crippen LogP contribution in [0.4, 0.5) is 4.39 Å². The highest BCUT2D eigenvalue weighted by atomic mass is 35.5. The van der Waals surface area contributed by atoms with Gasteiger partial charge in [-0.2, -0.15) is 0 Å². The zero-order valence-electron chi connectivity index (χ0n) is 12.4. The summed E-state index contributed by atoms with van der Waals surface area (Å²) in [7, 11) is 0. The molecule has 0 amide bonds. The molecule has 1 heterocycles. The van der Waals surface area contributed by atoms with Crippen LogP contribution in [0, 0.1) is 19.7 Å². The molecule has 0 unspecified atom stereocenters. The van der Waals surface area contributed by atoms with E-state index in [9.17, 15) is 4.39 Å². The molecule has 0 aliphatic carbocycles. The second-order valence-corrected chi connectivity index (χ2v) is 6.38. The van der Waals surface area contributed by atoms with E-state index in [0.29, 0.717) is 16.5 Å². The van der Waals surface area contributed by atoms with E-state index in [4.69, 9.17) is 11.6 Å². The van der Waals surface area contributed by atoms with Gasteiger partial charge in [0.1, 0.15) is 16.8 Å².